The molecular formula is C12H17BrN2O2. The fourth-order valence-electron chi connectivity index (χ4n) is 1.74. The normalized spacial score (nSPS) is 21.4. The molecule has 0 spiro atoms. The van der Waals surface area contributed by atoms with Crippen molar-refractivity contribution in [3.63, 3.8) is 0 Å². The molecular weight excluding hydrogens is 284 g/mol. The fourth-order valence-corrected chi connectivity index (χ4v) is 2.11. The van der Waals surface area contributed by atoms with Crippen molar-refractivity contribution in [1.29, 1.82) is 0 Å². The lowest BCUT2D eigenvalue weighted by atomic mass is 10.3. The van der Waals surface area contributed by atoms with Crippen LogP contribution in [-0.4, -0.2) is 37.0 Å². The van der Waals surface area contributed by atoms with Gasteiger partial charge in [-0.05, 0) is 35.3 Å². The highest BCUT2D eigenvalue weighted by atomic mass is 79.9. The number of nitrogens with zero attached hydrogens (tertiary/aromatic N) is 1. The van der Waals surface area contributed by atoms with Gasteiger partial charge in [0.25, 0.3) is 0 Å². The second-order valence-electron chi connectivity index (χ2n) is 4.26. The van der Waals surface area contributed by atoms with Crippen molar-refractivity contribution in [1.82, 2.24) is 4.98 Å². The molecule has 0 aromatic carbocycles. The van der Waals surface area contributed by atoms with E-state index >= 15 is 0 Å². The van der Waals surface area contributed by atoms with Crippen LogP contribution in [0.2, 0.25) is 0 Å². The highest BCUT2D eigenvalue weighted by molar-refractivity contribution is 9.10. The minimum atomic E-state index is 0.256. The van der Waals surface area contributed by atoms with Gasteiger partial charge in [-0.15, -0.1) is 0 Å². The minimum Gasteiger partial charge on any atom is -0.379 e. The summed E-state index contributed by atoms with van der Waals surface area (Å²) in [5, 5.41) is 3.35. The van der Waals surface area contributed by atoms with E-state index < -0.39 is 0 Å². The lowest BCUT2D eigenvalue weighted by molar-refractivity contribution is 0.0395. The predicted molar refractivity (Wildman–Crippen MR) is 70.2 cm³/mol. The molecule has 1 aromatic rings. The van der Waals surface area contributed by atoms with Gasteiger partial charge in [0.15, 0.2) is 0 Å². The molecule has 0 amide bonds. The van der Waals surface area contributed by atoms with Gasteiger partial charge in [-0.25, -0.2) is 0 Å². The maximum atomic E-state index is 5.75. The molecule has 2 rings (SSSR count). The summed E-state index contributed by atoms with van der Waals surface area (Å²) < 4.78 is 12.0. The summed E-state index contributed by atoms with van der Waals surface area (Å²) >= 11 is 3.39. The van der Waals surface area contributed by atoms with Gasteiger partial charge >= 0.3 is 0 Å². The molecule has 2 unspecified atom stereocenters. The maximum Gasteiger partial charge on any atom is 0.0831 e. The number of halogens is 1. The van der Waals surface area contributed by atoms with Gasteiger partial charge in [0.05, 0.1) is 31.2 Å². The summed E-state index contributed by atoms with van der Waals surface area (Å²) in [6, 6.07) is 2.26. The third-order valence-electron chi connectivity index (χ3n) is 2.59. The van der Waals surface area contributed by atoms with Crippen molar-refractivity contribution in [2.24, 2.45) is 0 Å². The summed E-state index contributed by atoms with van der Waals surface area (Å²) in [4.78, 5) is 4.10. The Hall–Kier alpha value is -0.650. The zero-order valence-electron chi connectivity index (χ0n) is 9.86. The largest absolute Gasteiger partial charge is 0.379 e. The predicted octanol–water partition coefficient (Wildman–Crippen LogP) is 2.45. The highest BCUT2D eigenvalue weighted by Gasteiger charge is 2.16. The SMILES string of the molecule is CC(COC1CCOC1)Nc1cncc(Br)c1. The molecule has 1 saturated heterocycles. The number of ether oxygens (including phenoxy) is 2. The van der Waals surface area contributed by atoms with Crippen molar-refractivity contribution in [2.45, 2.75) is 25.5 Å². The molecule has 1 N–H and O–H groups in total. The summed E-state index contributed by atoms with van der Waals surface area (Å²) in [5.41, 5.74) is 0.998. The van der Waals surface area contributed by atoms with E-state index in [0.29, 0.717) is 6.61 Å². The lowest BCUT2D eigenvalue weighted by Crippen LogP contribution is -2.25. The van der Waals surface area contributed by atoms with Crippen molar-refractivity contribution < 1.29 is 9.47 Å². The van der Waals surface area contributed by atoms with Gasteiger partial charge in [0.2, 0.25) is 0 Å². The number of pyridine rings is 1. The first-order valence-electron chi connectivity index (χ1n) is 5.80. The number of hydrogen-bond acceptors (Lipinski definition) is 4. The Balaban J connectivity index is 1.74. The number of anilines is 1. The van der Waals surface area contributed by atoms with E-state index in [-0.39, 0.29) is 12.1 Å². The molecule has 5 heteroatoms. The molecule has 2 heterocycles. The van der Waals surface area contributed by atoms with Crippen LogP contribution in [0.1, 0.15) is 13.3 Å². The zero-order valence-corrected chi connectivity index (χ0v) is 11.4. The van der Waals surface area contributed by atoms with Crippen LogP contribution in [0.15, 0.2) is 22.9 Å². The van der Waals surface area contributed by atoms with E-state index in [4.69, 9.17) is 9.47 Å². The maximum absolute atomic E-state index is 5.75. The Bertz CT molecular complexity index is 356. The highest BCUT2D eigenvalue weighted by Crippen LogP contribution is 2.15. The molecule has 17 heavy (non-hydrogen) atoms. The molecule has 0 bridgehead atoms. The van der Waals surface area contributed by atoms with Gasteiger partial charge in [0, 0.05) is 23.3 Å². The number of aromatic nitrogens is 1. The average Bonchev–Trinajstić information content (AvgIpc) is 2.79. The molecule has 94 valence electrons. The Labute approximate surface area is 110 Å². The molecule has 1 aliphatic heterocycles. The van der Waals surface area contributed by atoms with Crippen LogP contribution >= 0.6 is 15.9 Å². The first-order chi connectivity index (χ1) is 8.24. The van der Waals surface area contributed by atoms with Crippen LogP contribution < -0.4 is 5.32 Å². The molecule has 0 radical (unpaired) electrons. The second-order valence-corrected chi connectivity index (χ2v) is 5.17. The van der Waals surface area contributed by atoms with Gasteiger partial charge in [-0.3, -0.25) is 4.98 Å². The van der Waals surface area contributed by atoms with Gasteiger partial charge in [-0.2, -0.15) is 0 Å². The zero-order chi connectivity index (χ0) is 12.1. The third-order valence-corrected chi connectivity index (χ3v) is 3.02. The first-order valence-corrected chi connectivity index (χ1v) is 6.60. The monoisotopic (exact) mass is 300 g/mol. The summed E-state index contributed by atoms with van der Waals surface area (Å²) in [5.74, 6) is 0. The average molecular weight is 301 g/mol. The molecule has 4 nitrogen and oxygen atoms in total. The molecule has 2 atom stereocenters. The van der Waals surface area contributed by atoms with Crippen LogP contribution in [0.4, 0.5) is 5.69 Å². The Kier molecular flexibility index (Phi) is 4.76. The fraction of sp³-hybridized carbons (Fsp3) is 0.583. The van der Waals surface area contributed by atoms with Crippen LogP contribution in [0.3, 0.4) is 0 Å². The molecule has 1 aliphatic rings. The molecule has 0 saturated carbocycles. The number of nitrogens with one attached hydrogen (secondary N) is 1. The van der Waals surface area contributed by atoms with Crippen LogP contribution in [0, 0.1) is 0 Å². The van der Waals surface area contributed by atoms with Crippen LogP contribution in [0.5, 0.6) is 0 Å². The van der Waals surface area contributed by atoms with E-state index in [2.05, 4.69) is 33.2 Å². The van der Waals surface area contributed by atoms with Crippen LogP contribution in [-0.2, 0) is 9.47 Å². The Morgan fingerprint density at radius 2 is 2.53 bits per heavy atom. The smallest absolute Gasteiger partial charge is 0.0831 e. The quantitative estimate of drug-likeness (QED) is 0.907. The Morgan fingerprint density at radius 1 is 1.65 bits per heavy atom. The number of hydrogen-bond donors (Lipinski definition) is 1. The van der Waals surface area contributed by atoms with E-state index in [0.717, 1.165) is 29.8 Å². The lowest BCUT2D eigenvalue weighted by Gasteiger charge is -2.17. The van der Waals surface area contributed by atoms with E-state index in [1.54, 1.807) is 12.4 Å². The second kappa shape index (κ2) is 6.33. The van der Waals surface area contributed by atoms with Crippen LogP contribution in [0.25, 0.3) is 0 Å². The number of rotatable bonds is 5. The van der Waals surface area contributed by atoms with Crippen molar-refractivity contribution in [3.8, 4) is 0 Å². The molecule has 1 aromatic heterocycles. The topological polar surface area (TPSA) is 43.4 Å². The van der Waals surface area contributed by atoms with Crippen molar-refractivity contribution in [3.05, 3.63) is 22.9 Å². The molecule has 1 fully saturated rings. The van der Waals surface area contributed by atoms with Crippen molar-refractivity contribution >= 4 is 21.6 Å². The Morgan fingerprint density at radius 3 is 3.24 bits per heavy atom. The first kappa shape index (κ1) is 12.8. The van der Waals surface area contributed by atoms with Crippen molar-refractivity contribution in [2.75, 3.05) is 25.1 Å². The van der Waals surface area contributed by atoms with E-state index in [9.17, 15) is 0 Å². The van der Waals surface area contributed by atoms with E-state index in [1.165, 1.54) is 0 Å². The standard InChI is InChI=1S/C12H17BrN2O2/c1-9(7-17-12-2-3-16-8-12)15-11-4-10(13)5-14-6-11/h4-6,9,12,15H,2-3,7-8H2,1H3. The van der Waals surface area contributed by atoms with Gasteiger partial charge in [-0.1, -0.05) is 0 Å². The third kappa shape index (κ3) is 4.26. The van der Waals surface area contributed by atoms with E-state index in [1.807, 2.05) is 6.07 Å². The molecule has 0 aliphatic carbocycles. The summed E-state index contributed by atoms with van der Waals surface area (Å²) in [7, 11) is 0. The van der Waals surface area contributed by atoms with Gasteiger partial charge in [0.1, 0.15) is 0 Å². The minimum absolute atomic E-state index is 0.256. The summed E-state index contributed by atoms with van der Waals surface area (Å²) in [6.45, 7) is 4.32. The summed E-state index contributed by atoms with van der Waals surface area (Å²) in [6.07, 6.45) is 4.84. The van der Waals surface area contributed by atoms with Gasteiger partial charge < -0.3 is 14.8 Å².